The molecule has 1 spiro atoms. The second-order valence-electron chi connectivity index (χ2n) is 8.92. The molecule has 2 fully saturated rings. The third-order valence-electron chi connectivity index (χ3n) is 6.77. The lowest BCUT2D eigenvalue weighted by Crippen LogP contribution is -2.23. The highest BCUT2D eigenvalue weighted by atomic mass is 32.2. The fraction of sp³-hybridized carbons (Fsp3) is 0.478. The molecule has 2 aromatic heterocycles. The molecule has 0 radical (unpaired) electrons. The average molecular weight is 475 g/mol. The van der Waals surface area contributed by atoms with Crippen LogP contribution in [0.1, 0.15) is 36.3 Å². The van der Waals surface area contributed by atoms with Crippen molar-refractivity contribution in [3.63, 3.8) is 0 Å². The van der Waals surface area contributed by atoms with Gasteiger partial charge in [-0.15, -0.1) is 10.2 Å². The Hall–Kier alpha value is -2.46. The zero-order chi connectivity index (χ0) is 23.1. The van der Waals surface area contributed by atoms with Gasteiger partial charge in [0.2, 0.25) is 0 Å². The molecule has 2 atom stereocenters. The predicted molar refractivity (Wildman–Crippen MR) is 120 cm³/mol. The van der Waals surface area contributed by atoms with Crippen molar-refractivity contribution in [2.45, 2.75) is 36.5 Å². The number of aromatic nitrogens is 5. The molecule has 3 aromatic rings. The summed E-state index contributed by atoms with van der Waals surface area (Å²) in [6, 6.07) is 5.76. The molecule has 0 N–H and O–H groups in total. The minimum atomic E-state index is -4.27. The summed E-state index contributed by atoms with van der Waals surface area (Å²) in [4.78, 5) is 10.9. The van der Waals surface area contributed by atoms with Crippen molar-refractivity contribution >= 4 is 11.8 Å². The number of likely N-dealkylation sites (tertiary alicyclic amines) is 1. The molecule has 2 aliphatic rings. The van der Waals surface area contributed by atoms with E-state index in [4.69, 9.17) is 0 Å². The van der Waals surface area contributed by atoms with Crippen LogP contribution in [-0.2, 0) is 13.2 Å². The Bertz CT molecular complexity index is 1100. The molecule has 0 amide bonds. The number of hydrogen-bond acceptors (Lipinski definition) is 6. The normalized spacial score (nSPS) is 22.8. The van der Waals surface area contributed by atoms with E-state index in [0.29, 0.717) is 17.4 Å². The largest absolute Gasteiger partial charge is 0.416 e. The zero-order valence-corrected chi connectivity index (χ0v) is 19.1. The van der Waals surface area contributed by atoms with E-state index >= 15 is 0 Å². The number of halogens is 3. The summed E-state index contributed by atoms with van der Waals surface area (Å²) in [5.41, 5.74) is 1.43. The van der Waals surface area contributed by atoms with Gasteiger partial charge in [0, 0.05) is 31.7 Å². The van der Waals surface area contributed by atoms with Gasteiger partial charge in [0.15, 0.2) is 11.0 Å². The summed E-state index contributed by atoms with van der Waals surface area (Å²) in [6.07, 6.45) is 3.91. The van der Waals surface area contributed by atoms with Gasteiger partial charge in [-0.1, -0.05) is 23.9 Å². The fourth-order valence-electron chi connectivity index (χ4n) is 4.88. The Morgan fingerprint density at radius 3 is 2.70 bits per heavy atom. The first-order chi connectivity index (χ1) is 15.9. The van der Waals surface area contributed by atoms with Crippen molar-refractivity contribution in [3.05, 3.63) is 54.0 Å². The van der Waals surface area contributed by atoms with Crippen LogP contribution in [0.15, 0.2) is 48.0 Å². The second kappa shape index (κ2) is 8.72. The lowest BCUT2D eigenvalue weighted by Gasteiger charge is -2.16. The molecule has 10 heteroatoms. The van der Waals surface area contributed by atoms with Crippen LogP contribution in [0.2, 0.25) is 0 Å². The van der Waals surface area contributed by atoms with Gasteiger partial charge in [-0.05, 0) is 61.4 Å². The molecule has 1 aromatic carbocycles. The maximum Gasteiger partial charge on any atom is 0.416 e. The van der Waals surface area contributed by atoms with E-state index < -0.39 is 11.7 Å². The molecule has 3 heterocycles. The number of thioether (sulfide) groups is 1. The summed E-state index contributed by atoms with van der Waals surface area (Å²) >= 11 is 1.68. The van der Waals surface area contributed by atoms with Crippen molar-refractivity contribution in [1.82, 2.24) is 29.6 Å². The second-order valence-corrected chi connectivity index (χ2v) is 9.98. The standard InChI is InChI=1S/C23H25F3N6S/c1-31-20(19-14-27-8-9-28-19)29-30-21(31)33-12-2-10-32-11-7-22(15-32)13-18(22)16-3-5-17(6-4-16)23(24,25)26/h3-6,8-9,14,18H,2,7,10-13,15H2,1H3/t18-,22+/m1/s1. The highest BCUT2D eigenvalue weighted by Crippen LogP contribution is 2.64. The van der Waals surface area contributed by atoms with Crippen LogP contribution in [0.3, 0.4) is 0 Å². The minimum absolute atomic E-state index is 0.252. The smallest absolute Gasteiger partial charge is 0.304 e. The van der Waals surface area contributed by atoms with Crippen LogP contribution in [0.5, 0.6) is 0 Å². The molecule has 0 bridgehead atoms. The summed E-state index contributed by atoms with van der Waals surface area (Å²) < 4.78 is 40.4. The van der Waals surface area contributed by atoms with Gasteiger partial charge in [-0.2, -0.15) is 13.2 Å². The van der Waals surface area contributed by atoms with Crippen LogP contribution >= 0.6 is 11.8 Å². The first-order valence-electron chi connectivity index (χ1n) is 11.0. The molecule has 6 nitrogen and oxygen atoms in total. The van der Waals surface area contributed by atoms with Crippen LogP contribution in [-0.4, -0.2) is 55.0 Å². The fourth-order valence-corrected chi connectivity index (χ4v) is 5.71. The first-order valence-corrected chi connectivity index (χ1v) is 12.0. The van der Waals surface area contributed by atoms with Crippen molar-refractivity contribution in [3.8, 4) is 11.5 Å². The Balaban J connectivity index is 1.09. The Morgan fingerprint density at radius 1 is 1.15 bits per heavy atom. The van der Waals surface area contributed by atoms with E-state index in [1.807, 2.05) is 11.6 Å². The van der Waals surface area contributed by atoms with Crippen molar-refractivity contribution < 1.29 is 13.2 Å². The highest BCUT2D eigenvalue weighted by molar-refractivity contribution is 7.99. The molecule has 1 aliphatic heterocycles. The van der Waals surface area contributed by atoms with E-state index in [9.17, 15) is 13.2 Å². The number of hydrogen-bond donors (Lipinski definition) is 0. The SMILES string of the molecule is Cn1c(SCCCN2CC[C@]3(C[C@@H]3c3ccc(C(F)(F)F)cc3)C2)nnc1-c1cnccn1. The quantitative estimate of drug-likeness (QED) is 0.367. The Kier molecular flexibility index (Phi) is 5.90. The summed E-state index contributed by atoms with van der Waals surface area (Å²) in [7, 11) is 1.94. The lowest BCUT2D eigenvalue weighted by molar-refractivity contribution is -0.137. The number of alkyl halides is 3. The van der Waals surface area contributed by atoms with E-state index in [1.165, 1.54) is 12.1 Å². The van der Waals surface area contributed by atoms with Crippen molar-refractivity contribution in [1.29, 1.82) is 0 Å². The number of nitrogens with zero attached hydrogens (tertiary/aromatic N) is 6. The highest BCUT2D eigenvalue weighted by Gasteiger charge is 2.57. The van der Waals surface area contributed by atoms with E-state index in [1.54, 1.807) is 42.5 Å². The van der Waals surface area contributed by atoms with Gasteiger partial charge in [0.05, 0.1) is 11.8 Å². The van der Waals surface area contributed by atoms with Gasteiger partial charge in [0.25, 0.3) is 0 Å². The molecule has 0 unspecified atom stereocenters. The number of rotatable bonds is 7. The van der Waals surface area contributed by atoms with Gasteiger partial charge < -0.3 is 9.47 Å². The topological polar surface area (TPSA) is 59.7 Å². The minimum Gasteiger partial charge on any atom is -0.304 e. The molecule has 33 heavy (non-hydrogen) atoms. The van der Waals surface area contributed by atoms with Gasteiger partial charge in [-0.25, -0.2) is 4.98 Å². The van der Waals surface area contributed by atoms with Crippen LogP contribution in [0, 0.1) is 5.41 Å². The summed E-state index contributed by atoms with van der Waals surface area (Å²) in [5, 5.41) is 9.39. The lowest BCUT2D eigenvalue weighted by atomic mass is 9.97. The maximum absolute atomic E-state index is 12.8. The van der Waals surface area contributed by atoms with E-state index in [2.05, 4.69) is 25.1 Å². The third-order valence-corrected chi connectivity index (χ3v) is 7.88. The predicted octanol–water partition coefficient (Wildman–Crippen LogP) is 4.65. The maximum atomic E-state index is 12.8. The third kappa shape index (κ3) is 4.63. The van der Waals surface area contributed by atoms with Gasteiger partial charge in [0.1, 0.15) is 5.69 Å². The zero-order valence-electron chi connectivity index (χ0n) is 18.3. The van der Waals surface area contributed by atoms with Crippen LogP contribution in [0.25, 0.3) is 11.5 Å². The van der Waals surface area contributed by atoms with Gasteiger partial charge in [-0.3, -0.25) is 4.98 Å². The average Bonchev–Trinajstić information content (AvgIpc) is 3.15. The van der Waals surface area contributed by atoms with Crippen LogP contribution in [0.4, 0.5) is 13.2 Å². The van der Waals surface area contributed by atoms with Gasteiger partial charge >= 0.3 is 6.18 Å². The van der Waals surface area contributed by atoms with E-state index in [-0.39, 0.29) is 5.41 Å². The molecule has 1 aliphatic carbocycles. The Labute approximate surface area is 194 Å². The monoisotopic (exact) mass is 474 g/mol. The number of benzene rings is 1. The molecule has 5 rings (SSSR count). The summed E-state index contributed by atoms with van der Waals surface area (Å²) in [6.45, 7) is 3.11. The molecular formula is C23H25F3N6S. The van der Waals surface area contributed by atoms with E-state index in [0.717, 1.165) is 55.4 Å². The molecule has 174 valence electrons. The van der Waals surface area contributed by atoms with Crippen molar-refractivity contribution in [2.24, 2.45) is 12.5 Å². The molecule has 1 saturated heterocycles. The first kappa shape index (κ1) is 22.3. The molecular weight excluding hydrogens is 449 g/mol. The summed E-state index contributed by atoms with van der Waals surface area (Å²) in [5.74, 6) is 2.03. The Morgan fingerprint density at radius 2 is 1.97 bits per heavy atom. The van der Waals surface area contributed by atoms with Crippen molar-refractivity contribution in [2.75, 3.05) is 25.4 Å². The molecule has 1 saturated carbocycles. The van der Waals surface area contributed by atoms with Crippen LogP contribution < -0.4 is 0 Å².